The molecule has 1 saturated heterocycles. The van der Waals surface area contributed by atoms with Crippen molar-refractivity contribution in [3.63, 3.8) is 0 Å². The van der Waals surface area contributed by atoms with Gasteiger partial charge >= 0.3 is 47.6 Å². The number of ether oxygens (including phenoxy) is 2. The molecule has 0 aliphatic carbocycles. The highest BCUT2D eigenvalue weighted by Gasteiger charge is 2.95. The van der Waals surface area contributed by atoms with Gasteiger partial charge in [-0.15, -0.1) is 0 Å². The Morgan fingerprint density at radius 1 is 0.707 bits per heavy atom. The van der Waals surface area contributed by atoms with Crippen LogP contribution in [0.25, 0.3) is 0 Å². The molecule has 1 aromatic rings. The lowest BCUT2D eigenvalue weighted by Gasteiger charge is -2.42. The molecule has 10 atom stereocenters. The summed E-state index contributed by atoms with van der Waals surface area (Å²) in [6.07, 6.45) is -32.5. The van der Waals surface area contributed by atoms with Crippen LogP contribution in [0.15, 0.2) is 24.3 Å². The normalized spacial score (nSPS) is 22.2. The second-order valence-electron chi connectivity index (χ2n) is 17.7. The van der Waals surface area contributed by atoms with Crippen molar-refractivity contribution in [2.75, 3.05) is 26.3 Å². The highest BCUT2D eigenvalue weighted by atomic mass is 19.4. The molecule has 11 N–H and O–H groups in total. The first-order valence-electron chi connectivity index (χ1n) is 21.5. The molecule has 1 fully saturated rings. The van der Waals surface area contributed by atoms with Gasteiger partial charge in [0.25, 0.3) is 11.8 Å². The summed E-state index contributed by atoms with van der Waals surface area (Å²) in [6, 6.07) is 3.05. The summed E-state index contributed by atoms with van der Waals surface area (Å²) in [4.78, 5) is 39.1. The van der Waals surface area contributed by atoms with Crippen LogP contribution < -0.4 is 16.0 Å². The van der Waals surface area contributed by atoms with Crippen molar-refractivity contribution >= 4 is 23.9 Å². The molecule has 1 heterocycles. The minimum absolute atomic E-state index is 0.0241. The third kappa shape index (κ3) is 14.2. The van der Waals surface area contributed by atoms with Gasteiger partial charge in [0.15, 0.2) is 24.1 Å². The van der Waals surface area contributed by atoms with Gasteiger partial charge in [0.05, 0.1) is 13.2 Å². The summed E-state index contributed by atoms with van der Waals surface area (Å²) in [5, 5.41) is 98.7. The number of amides is 3. The first-order chi connectivity index (χ1) is 33.9. The summed E-state index contributed by atoms with van der Waals surface area (Å²) in [7, 11) is 0. The molecule has 75 heavy (non-hydrogen) atoms. The number of carbonyl (C=O) groups is 3. The van der Waals surface area contributed by atoms with E-state index < -0.39 is 171 Å². The van der Waals surface area contributed by atoms with Gasteiger partial charge in [-0.05, 0) is 43.5 Å². The standard InChI is InChI=1S/C40H51F17N4O14/c1-32(2,3)61(73)14-17-7-9-18(10-8-17)28(70)58-12-5-4-6-19(60-30(72)25(68)24(67)27(20(64)15-62)75-31-26(69)23(66)22(65)21(16-63)74-31)29(71)59-13-11-33(41,42)34(43,44)35(45,46)36(47,48)37(49,50)38(51,52)39(53,54)40(55,56)57/h7-10,14,19-27,31,62-69H,4-6,11-13,15-16H2,1-3H3,(H,58,70)(H,59,71)(H,60,72)/b61-14-/t19?,20?,21?,22-,23-,24-,25?,26?,27+,31-/m0/s1. The van der Waals surface area contributed by atoms with E-state index in [0.717, 1.165) is 0 Å². The van der Waals surface area contributed by atoms with E-state index in [-0.39, 0.29) is 18.5 Å². The minimum Gasteiger partial charge on any atom is -0.623 e. The highest BCUT2D eigenvalue weighted by molar-refractivity contribution is 5.94. The number of nitrogens with one attached hydrogen (secondary N) is 3. The van der Waals surface area contributed by atoms with Crippen LogP contribution in [0.4, 0.5) is 74.6 Å². The van der Waals surface area contributed by atoms with Gasteiger partial charge in [0.1, 0.15) is 48.8 Å². The Hall–Kier alpha value is -4.49. The zero-order valence-electron chi connectivity index (χ0n) is 38.7. The SMILES string of the molecule is CC(C)(C)/[N+]([O-])=C/c1ccc(C(=O)NCCCCC(NC(=O)C(O)[C@H](O)[C@H](O[C@@H]2OC(CO)[C@H](O)[C@H](O)C2O)C(O)CO)C(=O)NCCC(F)(F)C(F)(F)C(F)(F)C(F)(F)C(F)(F)C(F)(F)C(F)(F)C(F)(F)F)cc1. The number of alkyl halides is 17. The lowest BCUT2D eigenvalue weighted by molar-refractivity contribution is -0.530. The molecule has 18 nitrogen and oxygen atoms in total. The van der Waals surface area contributed by atoms with E-state index in [1.165, 1.54) is 35.8 Å². The number of halogens is 17. The molecule has 0 radical (unpaired) electrons. The van der Waals surface area contributed by atoms with Gasteiger partial charge in [0, 0.05) is 51.4 Å². The second kappa shape index (κ2) is 24.5. The van der Waals surface area contributed by atoms with Gasteiger partial charge in [-0.25, -0.2) is 4.74 Å². The smallest absolute Gasteiger partial charge is 0.460 e. The fraction of sp³-hybridized carbons (Fsp3) is 0.750. The fourth-order valence-corrected chi connectivity index (χ4v) is 6.34. The maximum atomic E-state index is 14.7. The number of hydrogen-bond donors (Lipinski definition) is 11. The maximum Gasteiger partial charge on any atom is 0.460 e. The molecule has 5 unspecified atom stereocenters. The average molecular weight is 1130 g/mol. The van der Waals surface area contributed by atoms with Crippen molar-refractivity contribution < 1.29 is 144 Å². The van der Waals surface area contributed by atoms with Gasteiger partial charge < -0.3 is 71.5 Å². The molecular weight excluding hydrogens is 1080 g/mol. The van der Waals surface area contributed by atoms with Crippen molar-refractivity contribution in [2.45, 2.75) is 161 Å². The van der Waals surface area contributed by atoms with E-state index in [1.807, 2.05) is 0 Å². The lowest BCUT2D eigenvalue weighted by Crippen LogP contribution is -2.74. The summed E-state index contributed by atoms with van der Waals surface area (Å²) in [5.74, 6) is -63.1. The van der Waals surface area contributed by atoms with E-state index in [0.29, 0.717) is 10.3 Å². The van der Waals surface area contributed by atoms with Crippen molar-refractivity contribution in [1.29, 1.82) is 0 Å². The largest absolute Gasteiger partial charge is 0.623 e. The molecule has 0 saturated carbocycles. The maximum absolute atomic E-state index is 14.7. The molecule has 0 bridgehead atoms. The Kier molecular flexibility index (Phi) is 21.7. The number of aliphatic hydroxyl groups excluding tert-OH is 8. The Bertz CT molecular complexity index is 2100. The van der Waals surface area contributed by atoms with Crippen molar-refractivity contribution in [3.05, 3.63) is 40.6 Å². The number of hydroxylamine groups is 1. The predicted molar refractivity (Wildman–Crippen MR) is 215 cm³/mol. The van der Waals surface area contributed by atoms with Crippen LogP contribution in [-0.4, -0.2) is 210 Å². The van der Waals surface area contributed by atoms with Crippen LogP contribution in [0.2, 0.25) is 0 Å². The zero-order chi connectivity index (χ0) is 58.5. The number of carbonyl (C=O) groups excluding carboxylic acids is 3. The fourth-order valence-electron chi connectivity index (χ4n) is 6.34. The van der Waals surface area contributed by atoms with Crippen molar-refractivity contribution in [1.82, 2.24) is 16.0 Å². The quantitative estimate of drug-likeness (QED) is 0.0157. The Morgan fingerprint density at radius 3 is 1.69 bits per heavy atom. The van der Waals surface area contributed by atoms with Gasteiger partial charge in [-0.3, -0.25) is 14.4 Å². The third-order valence-corrected chi connectivity index (χ3v) is 11.1. The summed E-state index contributed by atoms with van der Waals surface area (Å²) in [5.41, 5.74) is -0.419. The molecule has 2 rings (SSSR count). The van der Waals surface area contributed by atoms with Crippen LogP contribution >= 0.6 is 0 Å². The van der Waals surface area contributed by atoms with Gasteiger partial charge in [0.2, 0.25) is 5.91 Å². The second-order valence-corrected chi connectivity index (χ2v) is 17.7. The zero-order valence-corrected chi connectivity index (χ0v) is 38.7. The molecule has 0 aromatic heterocycles. The Labute approximate surface area is 411 Å². The number of unbranched alkanes of at least 4 members (excludes halogenated alkanes) is 1. The Balaban J connectivity index is 2.39. The first-order valence-corrected chi connectivity index (χ1v) is 21.5. The predicted octanol–water partition coefficient (Wildman–Crippen LogP) is 1.58. The van der Waals surface area contributed by atoms with Crippen LogP contribution in [0.3, 0.4) is 0 Å². The molecule has 1 aliphatic rings. The minimum atomic E-state index is -8.89. The van der Waals surface area contributed by atoms with Gasteiger partial charge in [-0.2, -0.15) is 74.6 Å². The lowest BCUT2D eigenvalue weighted by atomic mass is 9.88. The molecule has 1 aromatic carbocycles. The van der Waals surface area contributed by atoms with E-state index in [1.54, 1.807) is 26.1 Å². The highest BCUT2D eigenvalue weighted by Crippen LogP contribution is 2.64. The van der Waals surface area contributed by atoms with Gasteiger partial charge in [-0.1, -0.05) is 0 Å². The van der Waals surface area contributed by atoms with Crippen LogP contribution in [0.1, 0.15) is 62.4 Å². The van der Waals surface area contributed by atoms with Crippen LogP contribution in [-0.2, 0) is 19.1 Å². The number of aliphatic hydroxyl groups is 8. The Morgan fingerprint density at radius 2 is 1.21 bits per heavy atom. The van der Waals surface area contributed by atoms with Crippen molar-refractivity contribution in [3.8, 4) is 0 Å². The molecule has 3 amide bonds. The summed E-state index contributed by atoms with van der Waals surface area (Å²) in [6.45, 7) is -0.159. The molecule has 35 heteroatoms. The number of rotatable bonds is 26. The molecule has 1 aliphatic heterocycles. The van der Waals surface area contributed by atoms with E-state index in [4.69, 9.17) is 9.47 Å². The van der Waals surface area contributed by atoms with E-state index in [9.17, 15) is 135 Å². The topological polar surface area (TPSA) is 294 Å². The van der Waals surface area contributed by atoms with Crippen molar-refractivity contribution in [2.24, 2.45) is 0 Å². The van der Waals surface area contributed by atoms with E-state index in [2.05, 4.69) is 5.32 Å². The van der Waals surface area contributed by atoms with Crippen LogP contribution in [0.5, 0.6) is 0 Å². The molecule has 0 spiro atoms. The van der Waals surface area contributed by atoms with Crippen LogP contribution in [0, 0.1) is 5.21 Å². The average Bonchev–Trinajstić information content (AvgIpc) is 3.30. The third-order valence-electron chi connectivity index (χ3n) is 11.1. The molecular formula is C40H51F17N4O14. The first kappa shape index (κ1) is 66.6. The number of nitrogens with zero attached hydrogens (tertiary/aromatic N) is 1. The monoisotopic (exact) mass is 1130 g/mol. The molecule has 434 valence electrons. The summed E-state index contributed by atoms with van der Waals surface area (Å²) < 4.78 is 245. The van der Waals surface area contributed by atoms with E-state index >= 15 is 0 Å². The number of hydrogen-bond acceptors (Lipinski definition) is 14. The summed E-state index contributed by atoms with van der Waals surface area (Å²) >= 11 is 0. The number of benzene rings is 1.